The maximum absolute atomic E-state index is 13.5. The van der Waals surface area contributed by atoms with Crippen LogP contribution in [0.3, 0.4) is 0 Å². The molecule has 0 fully saturated rings. The maximum atomic E-state index is 13.5. The predicted molar refractivity (Wildman–Crippen MR) is 138 cm³/mol. The molecule has 0 aliphatic carbocycles. The second-order valence-corrected chi connectivity index (χ2v) is 9.12. The summed E-state index contributed by atoms with van der Waals surface area (Å²) in [7, 11) is 3.39. The Labute approximate surface area is 210 Å². The van der Waals surface area contributed by atoms with Gasteiger partial charge in [-0.25, -0.2) is 9.79 Å². The van der Waals surface area contributed by atoms with Crippen LogP contribution in [0, 0.1) is 0 Å². The van der Waals surface area contributed by atoms with Crippen LogP contribution in [-0.2, 0) is 20.9 Å². The minimum Gasteiger partial charge on any atom is -0.496 e. The van der Waals surface area contributed by atoms with E-state index in [4.69, 9.17) is 14.5 Å². The Hall–Kier alpha value is -3.52. The van der Waals surface area contributed by atoms with Crippen molar-refractivity contribution < 1.29 is 19.1 Å². The molecule has 182 valence electrons. The van der Waals surface area contributed by atoms with E-state index in [-0.39, 0.29) is 18.9 Å². The average Bonchev–Trinajstić information content (AvgIpc) is 3.28. The number of ether oxygens (including phenoxy) is 2. The van der Waals surface area contributed by atoms with Gasteiger partial charge in [-0.2, -0.15) is 0 Å². The summed E-state index contributed by atoms with van der Waals surface area (Å²) in [6.45, 7) is 4.53. The number of methoxy groups -OCH3 is 1. The SMILES string of the molecule is CCN(C)C(=O)CC1=CSC2=NC(C)=C(C(=O)OCc3ccccc3)C(c3ccccc3OC)N12. The third-order valence-electron chi connectivity index (χ3n) is 6.10. The second kappa shape index (κ2) is 10.8. The van der Waals surface area contributed by atoms with E-state index in [0.717, 1.165) is 22.0 Å². The van der Waals surface area contributed by atoms with Crippen molar-refractivity contribution in [3.05, 3.63) is 88.1 Å². The number of aliphatic imine (C=N–C) groups is 1. The number of carbonyl (C=O) groups excluding carboxylic acids is 2. The summed E-state index contributed by atoms with van der Waals surface area (Å²) in [5.41, 5.74) is 3.51. The Morgan fingerprint density at radius 1 is 1.11 bits per heavy atom. The van der Waals surface area contributed by atoms with Crippen LogP contribution in [0.2, 0.25) is 0 Å². The van der Waals surface area contributed by atoms with Crippen molar-refractivity contribution in [1.29, 1.82) is 0 Å². The summed E-state index contributed by atoms with van der Waals surface area (Å²) in [4.78, 5) is 34.7. The van der Waals surface area contributed by atoms with Crippen molar-refractivity contribution in [2.45, 2.75) is 32.9 Å². The molecule has 4 rings (SSSR count). The van der Waals surface area contributed by atoms with E-state index < -0.39 is 12.0 Å². The van der Waals surface area contributed by atoms with E-state index in [1.165, 1.54) is 11.8 Å². The van der Waals surface area contributed by atoms with Gasteiger partial charge in [-0.05, 0) is 30.9 Å². The smallest absolute Gasteiger partial charge is 0.338 e. The number of fused-ring (bicyclic) bond motifs is 1. The van der Waals surface area contributed by atoms with Gasteiger partial charge in [-0.15, -0.1) is 0 Å². The molecule has 1 atom stereocenters. The normalized spacial score (nSPS) is 16.9. The molecule has 0 aromatic heterocycles. The van der Waals surface area contributed by atoms with Crippen LogP contribution in [0.1, 0.15) is 37.4 Å². The van der Waals surface area contributed by atoms with E-state index in [0.29, 0.717) is 23.6 Å². The lowest BCUT2D eigenvalue weighted by molar-refractivity contribution is -0.141. The third kappa shape index (κ3) is 5.12. The summed E-state index contributed by atoms with van der Waals surface area (Å²) >= 11 is 1.45. The molecule has 8 heteroatoms. The van der Waals surface area contributed by atoms with Gasteiger partial charge in [0.2, 0.25) is 5.91 Å². The molecule has 0 N–H and O–H groups in total. The molecule has 0 spiro atoms. The van der Waals surface area contributed by atoms with E-state index in [1.807, 2.05) is 78.8 Å². The molecule has 0 saturated carbocycles. The van der Waals surface area contributed by atoms with Crippen LogP contribution >= 0.6 is 11.8 Å². The van der Waals surface area contributed by atoms with Crippen molar-refractivity contribution in [3.8, 4) is 5.75 Å². The highest BCUT2D eigenvalue weighted by Gasteiger charge is 2.42. The summed E-state index contributed by atoms with van der Waals surface area (Å²) in [6.07, 6.45) is 0.202. The first-order valence-corrected chi connectivity index (χ1v) is 12.3. The molecule has 1 unspecified atom stereocenters. The van der Waals surface area contributed by atoms with Gasteiger partial charge < -0.3 is 19.3 Å². The minimum atomic E-state index is -0.539. The first-order valence-electron chi connectivity index (χ1n) is 11.5. The summed E-state index contributed by atoms with van der Waals surface area (Å²) in [6, 6.07) is 16.6. The number of allylic oxidation sites excluding steroid dienone is 1. The number of amides is 1. The first-order chi connectivity index (χ1) is 16.9. The number of para-hydroxylation sites is 1. The van der Waals surface area contributed by atoms with Crippen LogP contribution in [0.5, 0.6) is 5.75 Å². The Morgan fingerprint density at radius 3 is 2.54 bits per heavy atom. The molecule has 2 aliphatic rings. The molecular weight excluding hydrogens is 462 g/mol. The molecule has 0 saturated heterocycles. The first kappa shape index (κ1) is 24.6. The fourth-order valence-electron chi connectivity index (χ4n) is 4.08. The molecule has 0 radical (unpaired) electrons. The zero-order valence-electron chi connectivity index (χ0n) is 20.4. The van der Waals surface area contributed by atoms with E-state index in [1.54, 1.807) is 19.1 Å². The molecule has 35 heavy (non-hydrogen) atoms. The quantitative estimate of drug-likeness (QED) is 0.490. The largest absolute Gasteiger partial charge is 0.496 e. The number of esters is 1. The van der Waals surface area contributed by atoms with Gasteiger partial charge in [0.05, 0.1) is 30.8 Å². The fraction of sp³-hybridized carbons (Fsp3) is 0.296. The fourth-order valence-corrected chi connectivity index (χ4v) is 5.05. The number of hydrogen-bond donors (Lipinski definition) is 0. The van der Waals surface area contributed by atoms with Crippen LogP contribution in [-0.4, -0.2) is 47.5 Å². The zero-order valence-corrected chi connectivity index (χ0v) is 21.2. The summed E-state index contributed by atoms with van der Waals surface area (Å²) < 4.78 is 11.4. The molecule has 1 amide bonds. The van der Waals surface area contributed by atoms with Gasteiger partial charge in [0.15, 0.2) is 5.17 Å². The van der Waals surface area contributed by atoms with Gasteiger partial charge in [0.25, 0.3) is 0 Å². The van der Waals surface area contributed by atoms with Crippen LogP contribution in [0.25, 0.3) is 0 Å². The van der Waals surface area contributed by atoms with Crippen molar-refractivity contribution >= 4 is 28.8 Å². The topological polar surface area (TPSA) is 71.4 Å². The molecular formula is C27H29N3O4S. The molecule has 2 aromatic carbocycles. The number of thioether (sulfide) groups is 1. The van der Waals surface area contributed by atoms with E-state index >= 15 is 0 Å². The highest BCUT2D eigenvalue weighted by molar-refractivity contribution is 8.16. The van der Waals surface area contributed by atoms with Gasteiger partial charge in [-0.1, -0.05) is 60.3 Å². The molecule has 0 bridgehead atoms. The molecule has 2 aromatic rings. The lowest BCUT2D eigenvalue weighted by atomic mass is 9.93. The molecule has 2 aliphatic heterocycles. The lowest BCUT2D eigenvalue weighted by Crippen LogP contribution is -2.38. The standard InChI is InChI=1S/C27H29N3O4S/c1-5-29(3)23(31)15-20-17-35-27-28-18(2)24(26(32)34-16-19-11-7-6-8-12-19)25(30(20)27)21-13-9-10-14-22(21)33-4/h6-14,17,25H,5,15-16H2,1-4H3. The minimum absolute atomic E-state index is 0.00106. The second-order valence-electron chi connectivity index (χ2n) is 8.28. The molecule has 2 heterocycles. The van der Waals surface area contributed by atoms with Gasteiger partial charge in [0, 0.05) is 24.9 Å². The van der Waals surface area contributed by atoms with Crippen LogP contribution < -0.4 is 4.74 Å². The zero-order chi connectivity index (χ0) is 24.9. The number of nitrogens with zero attached hydrogens (tertiary/aromatic N) is 3. The number of rotatable bonds is 8. The van der Waals surface area contributed by atoms with Crippen molar-refractivity contribution in [1.82, 2.24) is 9.80 Å². The number of amidine groups is 1. The van der Waals surface area contributed by atoms with E-state index in [2.05, 4.69) is 0 Å². The monoisotopic (exact) mass is 491 g/mol. The number of carbonyl (C=O) groups is 2. The average molecular weight is 492 g/mol. The van der Waals surface area contributed by atoms with Gasteiger partial charge in [0.1, 0.15) is 12.4 Å². The molecule has 7 nitrogen and oxygen atoms in total. The Bertz CT molecular complexity index is 1210. The van der Waals surface area contributed by atoms with Gasteiger partial charge >= 0.3 is 5.97 Å². The highest BCUT2D eigenvalue weighted by atomic mass is 32.2. The van der Waals surface area contributed by atoms with Crippen molar-refractivity contribution in [2.24, 2.45) is 4.99 Å². The van der Waals surface area contributed by atoms with E-state index in [9.17, 15) is 9.59 Å². The van der Waals surface area contributed by atoms with Crippen molar-refractivity contribution in [3.63, 3.8) is 0 Å². The lowest BCUT2D eigenvalue weighted by Gasteiger charge is -2.37. The summed E-state index contributed by atoms with van der Waals surface area (Å²) in [5.74, 6) is 0.199. The Balaban J connectivity index is 1.73. The third-order valence-corrected chi connectivity index (χ3v) is 6.99. The van der Waals surface area contributed by atoms with Crippen LogP contribution in [0.4, 0.5) is 0 Å². The predicted octanol–water partition coefficient (Wildman–Crippen LogP) is 4.88. The van der Waals surface area contributed by atoms with Gasteiger partial charge in [-0.3, -0.25) is 4.79 Å². The number of benzene rings is 2. The van der Waals surface area contributed by atoms with Crippen molar-refractivity contribution in [2.75, 3.05) is 20.7 Å². The number of hydrogen-bond acceptors (Lipinski definition) is 7. The van der Waals surface area contributed by atoms with Crippen LogP contribution in [0.15, 0.2) is 82.0 Å². The highest BCUT2D eigenvalue weighted by Crippen LogP contribution is 2.47. The Kier molecular flexibility index (Phi) is 7.60. The maximum Gasteiger partial charge on any atom is 0.338 e. The summed E-state index contributed by atoms with van der Waals surface area (Å²) in [5, 5.41) is 2.66. The Morgan fingerprint density at radius 2 is 1.83 bits per heavy atom.